The van der Waals surface area contributed by atoms with Gasteiger partial charge in [0.1, 0.15) is 0 Å². The molecule has 4 nitrogen and oxygen atoms in total. The van der Waals surface area contributed by atoms with Gasteiger partial charge in [-0.1, -0.05) is 30.3 Å². The van der Waals surface area contributed by atoms with Gasteiger partial charge in [0.05, 0.1) is 18.4 Å². The second-order valence-corrected chi connectivity index (χ2v) is 7.55. The second-order valence-electron chi connectivity index (χ2n) is 7.55. The van der Waals surface area contributed by atoms with E-state index in [-0.39, 0.29) is 24.3 Å². The van der Waals surface area contributed by atoms with E-state index in [4.69, 9.17) is 0 Å². The van der Waals surface area contributed by atoms with Gasteiger partial charge in [0.15, 0.2) is 0 Å². The van der Waals surface area contributed by atoms with Crippen molar-refractivity contribution in [3.05, 3.63) is 65.2 Å². The first-order chi connectivity index (χ1) is 13.8. The van der Waals surface area contributed by atoms with Crippen LogP contribution in [-0.4, -0.2) is 35.8 Å². The summed E-state index contributed by atoms with van der Waals surface area (Å²) < 4.78 is 38.0. The van der Waals surface area contributed by atoms with E-state index in [1.807, 2.05) is 29.2 Å². The van der Waals surface area contributed by atoms with E-state index < -0.39 is 11.7 Å². The molecule has 2 aromatic rings. The minimum Gasteiger partial charge on any atom is -0.342 e. The number of fused-ring (bicyclic) bond motifs is 1. The lowest BCUT2D eigenvalue weighted by Gasteiger charge is -2.37. The quantitative estimate of drug-likeness (QED) is 0.783. The van der Waals surface area contributed by atoms with E-state index in [9.17, 15) is 22.8 Å². The molecule has 0 atom stereocenters. The Labute approximate surface area is 166 Å². The van der Waals surface area contributed by atoms with Crippen LogP contribution in [0.25, 0.3) is 0 Å². The SMILES string of the molecule is O=C(Cc1ccc(C(F)(F)F)cc1)N1CCC(N2C(=O)Cc3ccccc32)CC1. The zero-order valence-corrected chi connectivity index (χ0v) is 15.8. The smallest absolute Gasteiger partial charge is 0.342 e. The van der Waals surface area contributed by atoms with E-state index in [0.717, 1.165) is 23.4 Å². The summed E-state index contributed by atoms with van der Waals surface area (Å²) in [7, 11) is 0. The number of hydrogen-bond acceptors (Lipinski definition) is 2. The fourth-order valence-corrected chi connectivity index (χ4v) is 4.15. The maximum atomic E-state index is 12.7. The van der Waals surface area contributed by atoms with Gasteiger partial charge in [-0.2, -0.15) is 13.2 Å². The van der Waals surface area contributed by atoms with Gasteiger partial charge >= 0.3 is 6.18 Å². The van der Waals surface area contributed by atoms with Crippen molar-refractivity contribution in [2.75, 3.05) is 18.0 Å². The van der Waals surface area contributed by atoms with Crippen LogP contribution in [0.3, 0.4) is 0 Å². The first kappa shape index (κ1) is 19.5. The predicted molar refractivity (Wildman–Crippen MR) is 102 cm³/mol. The average molecular weight is 402 g/mol. The Hall–Kier alpha value is -2.83. The number of piperidine rings is 1. The van der Waals surface area contributed by atoms with E-state index in [2.05, 4.69) is 0 Å². The molecule has 2 aliphatic heterocycles. The average Bonchev–Trinajstić information content (AvgIpc) is 3.03. The van der Waals surface area contributed by atoms with Crippen molar-refractivity contribution in [3.63, 3.8) is 0 Å². The molecule has 1 fully saturated rings. The summed E-state index contributed by atoms with van der Waals surface area (Å²) in [6, 6.07) is 12.6. The molecule has 152 valence electrons. The first-order valence-corrected chi connectivity index (χ1v) is 9.67. The highest BCUT2D eigenvalue weighted by Crippen LogP contribution is 2.33. The number of para-hydroxylation sites is 1. The Balaban J connectivity index is 1.35. The summed E-state index contributed by atoms with van der Waals surface area (Å²) in [6.07, 6.45) is -2.49. The Bertz CT molecular complexity index is 916. The molecule has 0 N–H and O–H groups in total. The molecule has 0 bridgehead atoms. The number of alkyl halides is 3. The number of carbonyl (C=O) groups excluding carboxylic acids is 2. The number of carbonyl (C=O) groups is 2. The molecule has 0 unspecified atom stereocenters. The lowest BCUT2D eigenvalue weighted by atomic mass is 10.0. The third kappa shape index (κ3) is 3.99. The molecule has 29 heavy (non-hydrogen) atoms. The summed E-state index contributed by atoms with van der Waals surface area (Å²) >= 11 is 0. The number of halogens is 3. The van der Waals surface area contributed by atoms with Gasteiger partial charge < -0.3 is 9.80 Å². The predicted octanol–water partition coefficient (Wildman–Crippen LogP) is 3.83. The molecule has 1 saturated heterocycles. The van der Waals surface area contributed by atoms with Gasteiger partial charge in [0.25, 0.3) is 0 Å². The first-order valence-electron chi connectivity index (χ1n) is 9.67. The molecule has 2 aromatic carbocycles. The largest absolute Gasteiger partial charge is 0.416 e. The maximum Gasteiger partial charge on any atom is 0.416 e. The van der Waals surface area contributed by atoms with Crippen molar-refractivity contribution in [2.45, 2.75) is 37.9 Å². The maximum absolute atomic E-state index is 12.7. The van der Waals surface area contributed by atoms with Gasteiger partial charge in [-0.3, -0.25) is 9.59 Å². The molecular formula is C22H21F3N2O2. The van der Waals surface area contributed by atoms with Crippen molar-refractivity contribution in [3.8, 4) is 0 Å². The Kier molecular flexibility index (Phi) is 5.06. The van der Waals surface area contributed by atoms with Crippen LogP contribution >= 0.6 is 0 Å². The molecule has 0 saturated carbocycles. The van der Waals surface area contributed by atoms with Gasteiger partial charge in [0.2, 0.25) is 11.8 Å². The second kappa shape index (κ2) is 7.54. The van der Waals surface area contributed by atoms with E-state index in [0.29, 0.717) is 37.9 Å². The van der Waals surface area contributed by atoms with Crippen molar-refractivity contribution in [2.24, 2.45) is 0 Å². The Morgan fingerprint density at radius 1 is 1.00 bits per heavy atom. The van der Waals surface area contributed by atoms with Crippen LogP contribution in [0.5, 0.6) is 0 Å². The monoisotopic (exact) mass is 402 g/mol. The van der Waals surface area contributed by atoms with Gasteiger partial charge in [0, 0.05) is 24.8 Å². The van der Waals surface area contributed by atoms with Crippen molar-refractivity contribution in [1.82, 2.24) is 4.90 Å². The molecule has 0 spiro atoms. The summed E-state index contributed by atoms with van der Waals surface area (Å²) in [5.41, 5.74) is 1.85. The molecule has 0 aliphatic carbocycles. The number of benzene rings is 2. The topological polar surface area (TPSA) is 40.6 Å². The number of nitrogens with zero attached hydrogens (tertiary/aromatic N) is 2. The Morgan fingerprint density at radius 2 is 1.66 bits per heavy atom. The number of rotatable bonds is 3. The molecule has 7 heteroatoms. The van der Waals surface area contributed by atoms with Crippen LogP contribution in [0.2, 0.25) is 0 Å². The standard InChI is InChI=1S/C22H21F3N2O2/c23-22(24,25)17-7-5-15(6-8-17)13-20(28)26-11-9-18(10-12-26)27-19-4-2-1-3-16(19)14-21(27)29/h1-8,18H,9-14H2. The van der Waals surface area contributed by atoms with E-state index >= 15 is 0 Å². The van der Waals surface area contributed by atoms with Gasteiger partial charge in [-0.15, -0.1) is 0 Å². The fraction of sp³-hybridized carbons (Fsp3) is 0.364. The van der Waals surface area contributed by atoms with Crippen molar-refractivity contribution >= 4 is 17.5 Å². The molecule has 4 rings (SSSR count). The van der Waals surface area contributed by atoms with Crippen LogP contribution in [0, 0.1) is 0 Å². The Morgan fingerprint density at radius 3 is 2.31 bits per heavy atom. The fourth-order valence-electron chi connectivity index (χ4n) is 4.15. The molecule has 2 heterocycles. The zero-order valence-electron chi connectivity index (χ0n) is 15.8. The molecule has 0 aromatic heterocycles. The minimum absolute atomic E-state index is 0.0706. The van der Waals surface area contributed by atoms with Crippen LogP contribution in [-0.2, 0) is 28.6 Å². The highest BCUT2D eigenvalue weighted by Gasteiger charge is 2.35. The summed E-state index contributed by atoms with van der Waals surface area (Å²) in [6.45, 7) is 1.08. The number of hydrogen-bond donors (Lipinski definition) is 0. The van der Waals surface area contributed by atoms with Gasteiger partial charge in [-0.25, -0.2) is 0 Å². The third-order valence-corrected chi connectivity index (χ3v) is 5.68. The minimum atomic E-state index is -4.38. The molecular weight excluding hydrogens is 381 g/mol. The molecule has 0 radical (unpaired) electrons. The summed E-state index contributed by atoms with van der Waals surface area (Å²) in [4.78, 5) is 28.6. The number of likely N-dealkylation sites (tertiary alicyclic amines) is 1. The van der Waals surface area contributed by atoms with Crippen molar-refractivity contribution in [1.29, 1.82) is 0 Å². The van der Waals surface area contributed by atoms with Gasteiger partial charge in [-0.05, 0) is 42.2 Å². The van der Waals surface area contributed by atoms with Crippen LogP contribution in [0.15, 0.2) is 48.5 Å². The highest BCUT2D eigenvalue weighted by atomic mass is 19.4. The highest BCUT2D eigenvalue weighted by molar-refractivity contribution is 6.01. The zero-order chi connectivity index (χ0) is 20.6. The van der Waals surface area contributed by atoms with Crippen molar-refractivity contribution < 1.29 is 22.8 Å². The lowest BCUT2D eigenvalue weighted by molar-refractivity contribution is -0.137. The number of amides is 2. The summed E-state index contributed by atoms with van der Waals surface area (Å²) in [5.74, 6) is -0.00270. The normalized spacial score (nSPS) is 17.6. The lowest BCUT2D eigenvalue weighted by Crippen LogP contribution is -2.48. The molecule has 2 aliphatic rings. The van der Waals surface area contributed by atoms with Crippen LogP contribution in [0.1, 0.15) is 29.5 Å². The number of anilines is 1. The molecule has 2 amide bonds. The van der Waals surface area contributed by atoms with Crippen LogP contribution in [0.4, 0.5) is 18.9 Å². The summed E-state index contributed by atoms with van der Waals surface area (Å²) in [5, 5.41) is 0. The van der Waals surface area contributed by atoms with E-state index in [1.54, 1.807) is 4.90 Å². The van der Waals surface area contributed by atoms with E-state index in [1.165, 1.54) is 12.1 Å². The third-order valence-electron chi connectivity index (χ3n) is 5.68. The van der Waals surface area contributed by atoms with Crippen LogP contribution < -0.4 is 4.90 Å².